The fourth-order valence-corrected chi connectivity index (χ4v) is 1.70. The van der Waals surface area contributed by atoms with Gasteiger partial charge in [0.1, 0.15) is 0 Å². The Bertz CT molecular complexity index is 503. The fourth-order valence-electron chi connectivity index (χ4n) is 1.70. The number of hydrogen-bond donors (Lipinski definition) is 0. The van der Waals surface area contributed by atoms with Gasteiger partial charge in [0.2, 0.25) is 6.29 Å². The second-order valence-corrected chi connectivity index (χ2v) is 4.18. The molecule has 0 N–H and O–H groups in total. The van der Waals surface area contributed by atoms with Crippen LogP contribution in [0.15, 0.2) is 72.8 Å². The van der Waals surface area contributed by atoms with Gasteiger partial charge in [0.25, 0.3) is 0 Å². The molecule has 2 rings (SSSR count). The molecular formula is C18H15O. The third-order valence-electron chi connectivity index (χ3n) is 2.73. The van der Waals surface area contributed by atoms with Gasteiger partial charge < -0.3 is 0 Å². The second-order valence-electron chi connectivity index (χ2n) is 4.18. The Labute approximate surface area is 113 Å². The van der Waals surface area contributed by atoms with Crippen LogP contribution in [0, 0.1) is 5.92 Å². The third kappa shape index (κ3) is 4.40. The topological polar surface area (TPSA) is 17.1 Å². The predicted molar refractivity (Wildman–Crippen MR) is 80.1 cm³/mol. The van der Waals surface area contributed by atoms with E-state index in [0.29, 0.717) is 0 Å². The SMILES string of the molecule is O=[C]C(C=Cc1ccccc1)C=Cc1ccccc1. The molecule has 0 saturated heterocycles. The summed E-state index contributed by atoms with van der Waals surface area (Å²) in [5.41, 5.74) is 2.16. The van der Waals surface area contributed by atoms with E-state index in [1.54, 1.807) is 0 Å². The van der Waals surface area contributed by atoms with Gasteiger partial charge in [-0.2, -0.15) is 0 Å². The summed E-state index contributed by atoms with van der Waals surface area (Å²) in [5.74, 6) is -0.319. The summed E-state index contributed by atoms with van der Waals surface area (Å²) >= 11 is 0. The van der Waals surface area contributed by atoms with Crippen molar-refractivity contribution in [3.05, 3.63) is 83.9 Å². The first kappa shape index (κ1) is 13.0. The molecule has 1 heteroatoms. The van der Waals surface area contributed by atoms with Crippen molar-refractivity contribution < 1.29 is 4.79 Å². The monoisotopic (exact) mass is 247 g/mol. The van der Waals surface area contributed by atoms with Gasteiger partial charge in [-0.1, -0.05) is 85.0 Å². The van der Waals surface area contributed by atoms with E-state index in [0.717, 1.165) is 11.1 Å². The summed E-state index contributed by atoms with van der Waals surface area (Å²) in [5, 5.41) is 0. The molecule has 0 aromatic heterocycles. The fraction of sp³-hybridized carbons (Fsp3) is 0.0556. The maximum Gasteiger partial charge on any atom is 0.209 e. The van der Waals surface area contributed by atoms with Gasteiger partial charge in [0.05, 0.1) is 5.92 Å². The summed E-state index contributed by atoms with van der Waals surface area (Å²) in [7, 11) is 0. The molecule has 0 aliphatic heterocycles. The van der Waals surface area contributed by atoms with Crippen molar-refractivity contribution in [2.24, 2.45) is 5.92 Å². The molecule has 2 aromatic carbocycles. The summed E-state index contributed by atoms with van der Waals surface area (Å²) in [6.07, 6.45) is 9.59. The van der Waals surface area contributed by atoms with Crippen molar-refractivity contribution in [1.29, 1.82) is 0 Å². The Kier molecular flexibility index (Phi) is 4.88. The second kappa shape index (κ2) is 7.12. The maximum absolute atomic E-state index is 10.9. The first-order valence-electron chi connectivity index (χ1n) is 6.22. The molecule has 0 fully saturated rings. The van der Waals surface area contributed by atoms with E-state index in [1.807, 2.05) is 91.3 Å². The van der Waals surface area contributed by atoms with Gasteiger partial charge in [0, 0.05) is 0 Å². The molecule has 0 aliphatic carbocycles. The standard InChI is InChI=1S/C18H15O/c19-15-18(13-11-16-7-3-1-4-8-16)14-12-17-9-5-2-6-10-17/h1-14,18H. The summed E-state index contributed by atoms with van der Waals surface area (Å²) in [4.78, 5) is 10.9. The van der Waals surface area contributed by atoms with Crippen LogP contribution in [0.2, 0.25) is 0 Å². The van der Waals surface area contributed by atoms with Crippen LogP contribution in [0.4, 0.5) is 0 Å². The lowest BCUT2D eigenvalue weighted by Gasteiger charge is -1.97. The highest BCUT2D eigenvalue weighted by Crippen LogP contribution is 2.08. The minimum atomic E-state index is -0.319. The van der Waals surface area contributed by atoms with Crippen LogP contribution in [0.3, 0.4) is 0 Å². The number of benzene rings is 2. The van der Waals surface area contributed by atoms with Crippen LogP contribution >= 0.6 is 0 Å². The van der Waals surface area contributed by atoms with Crippen molar-refractivity contribution in [3.8, 4) is 0 Å². The van der Waals surface area contributed by atoms with Crippen LogP contribution in [-0.4, -0.2) is 6.29 Å². The smallest absolute Gasteiger partial charge is 0.209 e. The Morgan fingerprint density at radius 2 is 1.16 bits per heavy atom. The molecular weight excluding hydrogens is 232 g/mol. The van der Waals surface area contributed by atoms with Crippen molar-refractivity contribution in [3.63, 3.8) is 0 Å². The zero-order valence-electron chi connectivity index (χ0n) is 10.6. The number of rotatable bonds is 5. The largest absolute Gasteiger partial charge is 0.290 e. The van der Waals surface area contributed by atoms with E-state index in [1.165, 1.54) is 0 Å². The minimum absolute atomic E-state index is 0.319. The zero-order chi connectivity index (χ0) is 13.3. The van der Waals surface area contributed by atoms with E-state index < -0.39 is 0 Å². The molecule has 0 unspecified atom stereocenters. The Morgan fingerprint density at radius 3 is 1.53 bits per heavy atom. The number of hydrogen-bond acceptors (Lipinski definition) is 1. The highest BCUT2D eigenvalue weighted by atomic mass is 16.1. The molecule has 93 valence electrons. The van der Waals surface area contributed by atoms with Crippen LogP contribution in [0.5, 0.6) is 0 Å². The molecule has 0 amide bonds. The molecule has 0 bridgehead atoms. The Hall–Kier alpha value is -2.41. The van der Waals surface area contributed by atoms with E-state index in [2.05, 4.69) is 0 Å². The van der Waals surface area contributed by atoms with Gasteiger partial charge in [-0.05, 0) is 11.1 Å². The first-order valence-corrected chi connectivity index (χ1v) is 6.22. The van der Waals surface area contributed by atoms with Gasteiger partial charge in [0.15, 0.2) is 0 Å². The quantitative estimate of drug-likeness (QED) is 0.776. The molecule has 1 nitrogen and oxygen atoms in total. The molecule has 0 saturated carbocycles. The molecule has 19 heavy (non-hydrogen) atoms. The third-order valence-corrected chi connectivity index (χ3v) is 2.73. The summed E-state index contributed by atoms with van der Waals surface area (Å²) in [6, 6.07) is 19.8. The highest BCUT2D eigenvalue weighted by molar-refractivity contribution is 5.67. The predicted octanol–water partition coefficient (Wildman–Crippen LogP) is 4.14. The van der Waals surface area contributed by atoms with E-state index in [9.17, 15) is 4.79 Å². The van der Waals surface area contributed by atoms with Crippen molar-refractivity contribution >= 4 is 18.4 Å². The average molecular weight is 247 g/mol. The van der Waals surface area contributed by atoms with Crippen molar-refractivity contribution in [2.45, 2.75) is 0 Å². The van der Waals surface area contributed by atoms with Gasteiger partial charge in [-0.15, -0.1) is 0 Å². The van der Waals surface area contributed by atoms with Crippen LogP contribution in [0.25, 0.3) is 12.2 Å². The summed E-state index contributed by atoms with van der Waals surface area (Å²) < 4.78 is 0. The molecule has 0 heterocycles. The molecule has 0 atom stereocenters. The Morgan fingerprint density at radius 1 is 0.737 bits per heavy atom. The zero-order valence-corrected chi connectivity index (χ0v) is 10.6. The number of carbonyl (C=O) groups excluding carboxylic acids is 1. The van der Waals surface area contributed by atoms with E-state index >= 15 is 0 Å². The lowest BCUT2D eigenvalue weighted by atomic mass is 10.1. The van der Waals surface area contributed by atoms with E-state index in [4.69, 9.17) is 0 Å². The summed E-state index contributed by atoms with van der Waals surface area (Å²) in [6.45, 7) is 0. The number of allylic oxidation sites excluding steroid dienone is 2. The minimum Gasteiger partial charge on any atom is -0.290 e. The van der Waals surface area contributed by atoms with E-state index in [-0.39, 0.29) is 5.92 Å². The van der Waals surface area contributed by atoms with Gasteiger partial charge >= 0.3 is 0 Å². The molecule has 2 aromatic rings. The van der Waals surface area contributed by atoms with Crippen molar-refractivity contribution in [1.82, 2.24) is 0 Å². The molecule has 0 aliphatic rings. The lowest BCUT2D eigenvalue weighted by Crippen LogP contribution is -1.91. The molecule has 0 spiro atoms. The normalized spacial score (nSPS) is 12.8. The van der Waals surface area contributed by atoms with Crippen LogP contribution < -0.4 is 0 Å². The maximum atomic E-state index is 10.9. The van der Waals surface area contributed by atoms with Gasteiger partial charge in [-0.25, -0.2) is 0 Å². The van der Waals surface area contributed by atoms with Crippen LogP contribution in [0.1, 0.15) is 11.1 Å². The van der Waals surface area contributed by atoms with Gasteiger partial charge in [-0.3, -0.25) is 4.79 Å². The molecule has 1 radical (unpaired) electrons. The highest BCUT2D eigenvalue weighted by Gasteiger charge is 1.98. The first-order chi connectivity index (χ1) is 9.38. The Balaban J connectivity index is 2.03. The average Bonchev–Trinajstić information content (AvgIpc) is 2.49. The van der Waals surface area contributed by atoms with Crippen molar-refractivity contribution in [2.75, 3.05) is 0 Å². The van der Waals surface area contributed by atoms with Crippen LogP contribution in [-0.2, 0) is 4.79 Å². The lowest BCUT2D eigenvalue weighted by molar-refractivity contribution is 0.548.